The molecule has 1 N–H and O–H groups in total. The Kier molecular flexibility index (Phi) is 3.83. The van der Waals surface area contributed by atoms with Gasteiger partial charge in [-0.25, -0.2) is 4.39 Å². The van der Waals surface area contributed by atoms with E-state index in [1.54, 1.807) is 19.1 Å². The number of anilines is 1. The van der Waals surface area contributed by atoms with Crippen molar-refractivity contribution in [3.63, 3.8) is 0 Å². The number of aliphatic hydroxyl groups excluding tert-OH is 1. The number of aliphatic hydroxyl groups is 1. The Bertz CT molecular complexity index is 463. The second-order valence-corrected chi connectivity index (χ2v) is 4.69. The normalized spacial score (nSPS) is 16.1. The zero-order chi connectivity index (χ0) is 13.1. The molecule has 1 aliphatic rings. The van der Waals surface area contributed by atoms with Crippen molar-refractivity contribution in [2.75, 3.05) is 11.4 Å². The zero-order valence-corrected chi connectivity index (χ0v) is 10.4. The molecule has 0 bridgehead atoms. The van der Waals surface area contributed by atoms with Gasteiger partial charge in [0, 0.05) is 18.2 Å². The van der Waals surface area contributed by atoms with E-state index in [2.05, 4.69) is 6.07 Å². The van der Waals surface area contributed by atoms with Crippen LogP contribution in [0.4, 0.5) is 10.1 Å². The van der Waals surface area contributed by atoms with E-state index in [-0.39, 0.29) is 5.82 Å². The van der Waals surface area contributed by atoms with Gasteiger partial charge in [-0.1, -0.05) is 12.1 Å². The molecule has 4 heteroatoms. The molecule has 0 radical (unpaired) electrons. The lowest BCUT2D eigenvalue weighted by atomic mass is 10.1. The summed E-state index contributed by atoms with van der Waals surface area (Å²) in [6.45, 7) is 2.15. The molecule has 0 saturated heterocycles. The number of nitriles is 1. The molecule has 2 rings (SSSR count). The monoisotopic (exact) mass is 248 g/mol. The Labute approximate surface area is 106 Å². The maximum atomic E-state index is 14.0. The summed E-state index contributed by atoms with van der Waals surface area (Å²) in [5, 5.41) is 18.4. The highest BCUT2D eigenvalue weighted by Crippen LogP contribution is 2.37. The first kappa shape index (κ1) is 12.8. The van der Waals surface area contributed by atoms with Crippen LogP contribution in [0.25, 0.3) is 0 Å². The van der Waals surface area contributed by atoms with E-state index < -0.39 is 6.10 Å². The minimum Gasteiger partial charge on any atom is -0.389 e. The van der Waals surface area contributed by atoms with Crippen molar-refractivity contribution >= 4 is 5.69 Å². The van der Waals surface area contributed by atoms with E-state index in [4.69, 9.17) is 5.26 Å². The molecule has 0 amide bonds. The zero-order valence-electron chi connectivity index (χ0n) is 10.4. The van der Waals surface area contributed by atoms with E-state index in [0.717, 1.165) is 12.8 Å². The average Bonchev–Trinajstić information content (AvgIpc) is 3.15. The van der Waals surface area contributed by atoms with Gasteiger partial charge < -0.3 is 10.0 Å². The minimum atomic E-state index is -0.709. The lowest BCUT2D eigenvalue weighted by molar-refractivity contribution is 0.199. The summed E-state index contributed by atoms with van der Waals surface area (Å²) in [7, 11) is 0. The van der Waals surface area contributed by atoms with Crippen LogP contribution in [-0.2, 0) is 0 Å². The fraction of sp³-hybridized carbons (Fsp3) is 0.500. The summed E-state index contributed by atoms with van der Waals surface area (Å²) in [5.41, 5.74) is 1.06. The van der Waals surface area contributed by atoms with Crippen LogP contribution >= 0.6 is 0 Å². The summed E-state index contributed by atoms with van der Waals surface area (Å²) in [5.74, 6) is -0.321. The van der Waals surface area contributed by atoms with Crippen LogP contribution in [0, 0.1) is 17.1 Å². The molecule has 1 fully saturated rings. The van der Waals surface area contributed by atoms with Crippen molar-refractivity contribution in [3.8, 4) is 6.07 Å². The molecule has 0 spiro atoms. The van der Waals surface area contributed by atoms with E-state index in [0.29, 0.717) is 30.3 Å². The largest absolute Gasteiger partial charge is 0.389 e. The second kappa shape index (κ2) is 5.36. The van der Waals surface area contributed by atoms with E-state index in [1.165, 1.54) is 6.07 Å². The Balaban J connectivity index is 2.36. The molecule has 3 nitrogen and oxygen atoms in total. The fourth-order valence-electron chi connectivity index (χ4n) is 2.21. The van der Waals surface area contributed by atoms with Crippen molar-refractivity contribution in [1.82, 2.24) is 0 Å². The summed E-state index contributed by atoms with van der Waals surface area (Å²) >= 11 is 0. The summed E-state index contributed by atoms with van der Waals surface area (Å²) < 4.78 is 14.0. The van der Waals surface area contributed by atoms with Gasteiger partial charge in [0.2, 0.25) is 0 Å². The Morgan fingerprint density at radius 1 is 1.56 bits per heavy atom. The summed E-state index contributed by atoms with van der Waals surface area (Å²) in [6.07, 6.45) is 1.71. The second-order valence-electron chi connectivity index (χ2n) is 4.69. The maximum absolute atomic E-state index is 14.0. The first-order valence-corrected chi connectivity index (χ1v) is 6.25. The van der Waals surface area contributed by atoms with E-state index in [1.807, 2.05) is 4.90 Å². The molecule has 1 aromatic carbocycles. The van der Waals surface area contributed by atoms with Crippen LogP contribution < -0.4 is 4.90 Å². The molecule has 1 atom stereocenters. The quantitative estimate of drug-likeness (QED) is 0.871. The first-order valence-electron chi connectivity index (χ1n) is 6.25. The van der Waals surface area contributed by atoms with Crippen LogP contribution in [0.2, 0.25) is 0 Å². The standard InChI is InChI=1S/C14H17FN2O/c1-10(18)12-4-2-5-13(15)14(12)17(9-3-8-16)11-6-7-11/h2,4-5,10-11,18H,3,6-7,9H2,1H3/t10-/m0/s1. The first-order chi connectivity index (χ1) is 8.65. The average molecular weight is 248 g/mol. The third kappa shape index (κ3) is 2.62. The van der Waals surface area contributed by atoms with Crippen LogP contribution in [0.1, 0.15) is 37.9 Å². The number of halogens is 1. The molecule has 0 aliphatic heterocycles. The number of hydrogen-bond acceptors (Lipinski definition) is 3. The van der Waals surface area contributed by atoms with Crippen LogP contribution in [0.5, 0.6) is 0 Å². The molecule has 1 aromatic rings. The Morgan fingerprint density at radius 2 is 2.28 bits per heavy atom. The smallest absolute Gasteiger partial charge is 0.146 e. The number of hydrogen-bond donors (Lipinski definition) is 1. The molecule has 96 valence electrons. The lowest BCUT2D eigenvalue weighted by Gasteiger charge is -2.27. The number of nitrogens with zero attached hydrogens (tertiary/aromatic N) is 2. The van der Waals surface area contributed by atoms with E-state index in [9.17, 15) is 9.50 Å². The maximum Gasteiger partial charge on any atom is 0.146 e. The van der Waals surface area contributed by atoms with Crippen LogP contribution in [0.3, 0.4) is 0 Å². The predicted molar refractivity (Wildman–Crippen MR) is 67.6 cm³/mol. The van der Waals surface area contributed by atoms with Gasteiger partial charge in [0.05, 0.1) is 24.3 Å². The van der Waals surface area contributed by atoms with Gasteiger partial charge in [0.25, 0.3) is 0 Å². The van der Waals surface area contributed by atoms with Gasteiger partial charge in [-0.2, -0.15) is 5.26 Å². The third-order valence-electron chi connectivity index (χ3n) is 3.21. The van der Waals surface area contributed by atoms with Crippen LogP contribution in [-0.4, -0.2) is 17.7 Å². The molecule has 1 saturated carbocycles. The van der Waals surface area contributed by atoms with Gasteiger partial charge in [0.15, 0.2) is 0 Å². The fourth-order valence-corrected chi connectivity index (χ4v) is 2.21. The highest BCUT2D eigenvalue weighted by atomic mass is 19.1. The highest BCUT2D eigenvalue weighted by molar-refractivity contribution is 5.57. The van der Waals surface area contributed by atoms with Crippen LogP contribution in [0.15, 0.2) is 18.2 Å². The van der Waals surface area contributed by atoms with Crippen molar-refractivity contribution in [3.05, 3.63) is 29.6 Å². The van der Waals surface area contributed by atoms with Gasteiger partial charge in [-0.05, 0) is 25.8 Å². The molecule has 0 unspecified atom stereocenters. The molecule has 0 heterocycles. The molecule has 18 heavy (non-hydrogen) atoms. The molecular weight excluding hydrogens is 231 g/mol. The third-order valence-corrected chi connectivity index (χ3v) is 3.21. The van der Waals surface area contributed by atoms with E-state index >= 15 is 0 Å². The summed E-state index contributed by atoms with van der Waals surface area (Å²) in [4.78, 5) is 1.93. The SMILES string of the molecule is C[C@H](O)c1cccc(F)c1N(CCC#N)C1CC1. The van der Waals surface area contributed by atoms with Crippen molar-refractivity contribution in [2.24, 2.45) is 0 Å². The molecular formula is C14H17FN2O. The van der Waals surface area contributed by atoms with Gasteiger partial charge in [0.1, 0.15) is 5.82 Å². The minimum absolute atomic E-state index is 0.313. The van der Waals surface area contributed by atoms with Gasteiger partial charge in [-0.3, -0.25) is 0 Å². The molecule has 1 aliphatic carbocycles. The predicted octanol–water partition coefficient (Wildman–Crippen LogP) is 2.76. The number of benzene rings is 1. The lowest BCUT2D eigenvalue weighted by Crippen LogP contribution is -2.29. The number of para-hydroxylation sites is 1. The van der Waals surface area contributed by atoms with Crippen molar-refractivity contribution < 1.29 is 9.50 Å². The Hall–Kier alpha value is -1.60. The highest BCUT2D eigenvalue weighted by Gasteiger charge is 2.32. The van der Waals surface area contributed by atoms with Crippen molar-refractivity contribution in [1.29, 1.82) is 5.26 Å². The van der Waals surface area contributed by atoms with Crippen molar-refractivity contribution in [2.45, 2.75) is 38.3 Å². The topological polar surface area (TPSA) is 47.3 Å². The molecule has 0 aromatic heterocycles. The summed E-state index contributed by atoms with van der Waals surface area (Å²) in [6, 6.07) is 7.16. The Morgan fingerprint density at radius 3 is 2.83 bits per heavy atom. The number of rotatable bonds is 5. The van der Waals surface area contributed by atoms with Gasteiger partial charge >= 0.3 is 0 Å². The van der Waals surface area contributed by atoms with Gasteiger partial charge in [-0.15, -0.1) is 0 Å².